The van der Waals surface area contributed by atoms with Crippen molar-refractivity contribution in [1.29, 1.82) is 0 Å². The van der Waals surface area contributed by atoms with Crippen molar-refractivity contribution in [2.75, 3.05) is 0 Å². The first-order valence-corrected chi connectivity index (χ1v) is 2.83. The molecule has 0 aromatic rings. The van der Waals surface area contributed by atoms with Crippen molar-refractivity contribution in [3.05, 3.63) is 11.6 Å². The molecule has 0 saturated heterocycles. The van der Waals surface area contributed by atoms with Crippen LogP contribution in [0.4, 0.5) is 4.79 Å². The first-order chi connectivity index (χ1) is 4.91. The molecule has 0 aromatic heterocycles. The van der Waals surface area contributed by atoms with Gasteiger partial charge < -0.3 is 16.6 Å². The number of hydrogen-bond acceptors (Lipinski definition) is 2. The molecule has 2 amide bonds. The number of carboxylic acid groups (broad SMARTS) is 1. The van der Waals surface area contributed by atoms with Gasteiger partial charge in [0.2, 0.25) is 5.91 Å². The van der Waals surface area contributed by atoms with Gasteiger partial charge in [0.05, 0.1) is 0 Å². The Kier molecular flexibility index (Phi) is 7.31. The second-order valence-corrected chi connectivity index (χ2v) is 1.67. The molecule has 5 nitrogen and oxygen atoms in total. The Morgan fingerprint density at radius 3 is 1.64 bits per heavy atom. The lowest BCUT2D eigenvalue weighted by atomic mass is 10.3. The van der Waals surface area contributed by atoms with Gasteiger partial charge in [-0.15, -0.1) is 0 Å². The van der Waals surface area contributed by atoms with Gasteiger partial charge in [-0.1, -0.05) is 6.08 Å². The van der Waals surface area contributed by atoms with Crippen molar-refractivity contribution >= 4 is 12.0 Å². The summed E-state index contributed by atoms with van der Waals surface area (Å²) >= 11 is 0. The molecule has 5 heteroatoms. The maximum absolute atomic E-state index is 10.1. The van der Waals surface area contributed by atoms with Crippen LogP contribution in [0.5, 0.6) is 0 Å². The van der Waals surface area contributed by atoms with E-state index in [2.05, 4.69) is 5.73 Å². The van der Waals surface area contributed by atoms with Gasteiger partial charge in [-0.2, -0.15) is 0 Å². The monoisotopic (exact) mass is 160 g/mol. The summed E-state index contributed by atoms with van der Waals surface area (Å²) < 4.78 is 0. The zero-order valence-electron chi connectivity index (χ0n) is 6.50. The average molecular weight is 160 g/mol. The van der Waals surface area contributed by atoms with Crippen molar-refractivity contribution in [3.8, 4) is 0 Å². The zero-order valence-corrected chi connectivity index (χ0v) is 6.50. The highest BCUT2D eigenvalue weighted by atomic mass is 16.4. The zero-order chi connectivity index (χ0) is 9.44. The van der Waals surface area contributed by atoms with E-state index in [0.717, 1.165) is 0 Å². The fourth-order valence-electron chi connectivity index (χ4n) is 0.142. The van der Waals surface area contributed by atoms with Crippen LogP contribution in [0.1, 0.15) is 13.8 Å². The molecule has 0 aromatic carbocycles. The summed E-state index contributed by atoms with van der Waals surface area (Å²) in [6.45, 7) is 3.46. The molecule has 0 spiro atoms. The second kappa shape index (κ2) is 6.60. The number of carbonyl (C=O) groups excluding carboxylic acids is 1. The molecule has 0 aliphatic carbocycles. The van der Waals surface area contributed by atoms with E-state index in [9.17, 15) is 4.79 Å². The summed E-state index contributed by atoms with van der Waals surface area (Å²) in [4.78, 5) is 18.9. The molecule has 0 rings (SSSR count). The third kappa shape index (κ3) is 17.7. The Bertz CT molecular complexity index is 171. The third-order valence-electron chi connectivity index (χ3n) is 0.822. The molecule has 0 saturated carbocycles. The van der Waals surface area contributed by atoms with Gasteiger partial charge in [0.15, 0.2) is 0 Å². The van der Waals surface area contributed by atoms with Gasteiger partial charge in [-0.05, 0) is 13.8 Å². The van der Waals surface area contributed by atoms with Gasteiger partial charge >= 0.3 is 6.09 Å². The van der Waals surface area contributed by atoms with E-state index in [1.165, 1.54) is 0 Å². The van der Waals surface area contributed by atoms with Gasteiger partial charge in [-0.3, -0.25) is 4.79 Å². The standard InChI is InChI=1S/C5H9NO.CH3NO2/c1-3-4(2)5(6)7;2-1(3)4/h3H,1-2H3,(H2,6,7);2H2,(H,3,4)/b4-3-;. The van der Waals surface area contributed by atoms with Crippen LogP contribution < -0.4 is 11.5 Å². The maximum atomic E-state index is 10.1. The maximum Gasteiger partial charge on any atom is 0.402 e. The van der Waals surface area contributed by atoms with Crippen LogP contribution in [0, 0.1) is 0 Å². The molecule has 0 unspecified atom stereocenters. The number of carbonyl (C=O) groups is 2. The van der Waals surface area contributed by atoms with E-state index in [-0.39, 0.29) is 5.91 Å². The molecule has 0 heterocycles. The predicted octanol–water partition coefficient (Wildman–Crippen LogP) is 0.0610. The molecule has 0 bridgehead atoms. The molecule has 0 radical (unpaired) electrons. The van der Waals surface area contributed by atoms with E-state index >= 15 is 0 Å². The number of rotatable bonds is 1. The highest BCUT2D eigenvalue weighted by molar-refractivity contribution is 5.91. The Balaban J connectivity index is 0. The molecular weight excluding hydrogens is 148 g/mol. The number of amides is 2. The van der Waals surface area contributed by atoms with E-state index in [1.807, 2.05) is 0 Å². The van der Waals surface area contributed by atoms with Gasteiger partial charge in [0.25, 0.3) is 0 Å². The number of nitrogens with two attached hydrogens (primary N) is 2. The minimum Gasteiger partial charge on any atom is -0.465 e. The van der Waals surface area contributed by atoms with E-state index in [4.69, 9.17) is 15.6 Å². The quantitative estimate of drug-likeness (QED) is 0.472. The fraction of sp³-hybridized carbons (Fsp3) is 0.333. The fourth-order valence-corrected chi connectivity index (χ4v) is 0.142. The van der Waals surface area contributed by atoms with Crippen LogP contribution >= 0.6 is 0 Å². The summed E-state index contributed by atoms with van der Waals surface area (Å²) in [6.07, 6.45) is 0.350. The van der Waals surface area contributed by atoms with Crippen molar-refractivity contribution in [3.63, 3.8) is 0 Å². The Morgan fingerprint density at radius 2 is 1.64 bits per heavy atom. The molecule has 0 aliphatic rings. The van der Waals surface area contributed by atoms with Crippen molar-refractivity contribution in [1.82, 2.24) is 0 Å². The number of primary amides is 2. The van der Waals surface area contributed by atoms with Gasteiger partial charge in [-0.25, -0.2) is 4.79 Å². The molecule has 0 fully saturated rings. The molecule has 0 aliphatic heterocycles. The summed E-state index contributed by atoms with van der Waals surface area (Å²) in [5, 5.41) is 7.19. The van der Waals surface area contributed by atoms with Gasteiger partial charge in [0, 0.05) is 5.57 Å². The number of hydrogen-bond donors (Lipinski definition) is 3. The van der Waals surface area contributed by atoms with Crippen LogP contribution in [-0.2, 0) is 4.79 Å². The molecular formula is C6H12N2O3. The van der Waals surface area contributed by atoms with Crippen molar-refractivity contribution in [2.24, 2.45) is 11.5 Å². The van der Waals surface area contributed by atoms with Crippen molar-refractivity contribution < 1.29 is 14.7 Å². The van der Waals surface area contributed by atoms with E-state index < -0.39 is 6.09 Å². The van der Waals surface area contributed by atoms with Crippen LogP contribution in [-0.4, -0.2) is 17.1 Å². The highest BCUT2D eigenvalue weighted by Crippen LogP contribution is 1.85. The smallest absolute Gasteiger partial charge is 0.402 e. The first-order valence-electron chi connectivity index (χ1n) is 2.83. The molecule has 64 valence electrons. The average Bonchev–Trinajstić information content (AvgIpc) is 1.85. The normalized spacial score (nSPS) is 9.45. The summed E-state index contributed by atoms with van der Waals surface area (Å²) in [5.41, 5.74) is 9.48. The van der Waals surface area contributed by atoms with Crippen LogP contribution in [0.15, 0.2) is 11.6 Å². The van der Waals surface area contributed by atoms with Crippen molar-refractivity contribution in [2.45, 2.75) is 13.8 Å². The summed E-state index contributed by atoms with van der Waals surface area (Å²) in [7, 11) is 0. The van der Waals surface area contributed by atoms with Crippen LogP contribution in [0.25, 0.3) is 0 Å². The molecule has 11 heavy (non-hydrogen) atoms. The second-order valence-electron chi connectivity index (χ2n) is 1.67. The Labute approximate surface area is 64.7 Å². The van der Waals surface area contributed by atoms with Crippen LogP contribution in [0.3, 0.4) is 0 Å². The minimum atomic E-state index is -1.33. The van der Waals surface area contributed by atoms with E-state index in [1.54, 1.807) is 19.9 Å². The lowest BCUT2D eigenvalue weighted by Gasteiger charge is -1.85. The lowest BCUT2D eigenvalue weighted by Crippen LogP contribution is -2.10. The summed E-state index contributed by atoms with van der Waals surface area (Å²) in [6, 6.07) is 0. The number of allylic oxidation sites excluding steroid dienone is 1. The molecule has 5 N–H and O–H groups in total. The van der Waals surface area contributed by atoms with E-state index in [0.29, 0.717) is 5.57 Å². The largest absolute Gasteiger partial charge is 0.465 e. The predicted molar refractivity (Wildman–Crippen MR) is 40.8 cm³/mol. The Morgan fingerprint density at radius 1 is 1.36 bits per heavy atom. The highest BCUT2D eigenvalue weighted by Gasteiger charge is 1.90. The lowest BCUT2D eigenvalue weighted by molar-refractivity contribution is -0.114. The van der Waals surface area contributed by atoms with Gasteiger partial charge in [0.1, 0.15) is 0 Å². The first kappa shape index (κ1) is 12.2. The SMILES string of the molecule is C/C=C(/C)C(N)=O.NC(=O)O. The summed E-state index contributed by atoms with van der Waals surface area (Å²) in [5.74, 6) is -0.345. The minimum absolute atomic E-state index is 0.345. The van der Waals surface area contributed by atoms with Crippen LogP contribution in [0.2, 0.25) is 0 Å². The topological polar surface area (TPSA) is 106 Å². The Hall–Kier alpha value is -1.52. The molecule has 0 atom stereocenters. The third-order valence-corrected chi connectivity index (χ3v) is 0.822.